The number of carbonyl (C=O) groups is 2. The first-order chi connectivity index (χ1) is 18.0. The van der Waals surface area contributed by atoms with E-state index in [0.717, 1.165) is 18.2 Å². The molecule has 0 spiro atoms. The van der Waals surface area contributed by atoms with Gasteiger partial charge >= 0.3 is 24.6 Å². The van der Waals surface area contributed by atoms with Crippen molar-refractivity contribution < 1.29 is 53.8 Å². The van der Waals surface area contributed by atoms with Crippen molar-refractivity contribution in [2.45, 2.75) is 63.6 Å². The zero-order valence-electron chi connectivity index (χ0n) is 20.5. The van der Waals surface area contributed by atoms with E-state index < -0.39 is 71.3 Å². The minimum atomic E-state index is -5.14. The highest BCUT2D eigenvalue weighted by molar-refractivity contribution is 5.93. The van der Waals surface area contributed by atoms with E-state index in [-0.39, 0.29) is 30.3 Å². The molecule has 14 heteroatoms. The van der Waals surface area contributed by atoms with Crippen molar-refractivity contribution in [3.8, 4) is 0 Å². The molecule has 0 bridgehead atoms. The van der Waals surface area contributed by atoms with E-state index in [1.54, 1.807) is 13.8 Å². The molecule has 39 heavy (non-hydrogen) atoms. The number of hydrogen-bond donors (Lipinski definition) is 1. The molecule has 214 valence electrons. The van der Waals surface area contributed by atoms with Crippen molar-refractivity contribution in [2.75, 3.05) is 16.8 Å². The second kappa shape index (κ2) is 11.0. The third-order valence-electron chi connectivity index (χ3n) is 6.21. The number of amides is 2. The number of ether oxygens (including phenoxy) is 1. The van der Waals surface area contributed by atoms with Crippen molar-refractivity contribution in [2.24, 2.45) is 0 Å². The summed E-state index contributed by atoms with van der Waals surface area (Å²) in [6.07, 6.45) is -16.1. The van der Waals surface area contributed by atoms with Crippen LogP contribution in [0.5, 0.6) is 0 Å². The number of alkyl halides is 9. The number of benzene rings is 2. The molecule has 0 saturated carbocycles. The number of anilines is 2. The van der Waals surface area contributed by atoms with Gasteiger partial charge in [-0.1, -0.05) is 6.92 Å². The van der Waals surface area contributed by atoms with Gasteiger partial charge in [-0.2, -0.15) is 39.5 Å². The summed E-state index contributed by atoms with van der Waals surface area (Å²) < 4.78 is 124. The topological polar surface area (TPSA) is 58.6 Å². The molecular weight excluding hydrogens is 547 g/mol. The van der Waals surface area contributed by atoms with Crippen LogP contribution in [0.25, 0.3) is 0 Å². The van der Waals surface area contributed by atoms with Crippen LogP contribution in [0, 0.1) is 0 Å². The lowest BCUT2D eigenvalue weighted by Gasteiger charge is -2.40. The predicted molar refractivity (Wildman–Crippen MR) is 122 cm³/mol. The third-order valence-corrected chi connectivity index (χ3v) is 6.21. The number of halogens is 9. The van der Waals surface area contributed by atoms with Gasteiger partial charge in [0.1, 0.15) is 0 Å². The summed E-state index contributed by atoms with van der Waals surface area (Å²) in [6, 6.07) is 2.59. The molecule has 1 aliphatic heterocycles. The first-order valence-corrected chi connectivity index (χ1v) is 11.7. The Morgan fingerprint density at radius 2 is 1.44 bits per heavy atom. The summed E-state index contributed by atoms with van der Waals surface area (Å²) >= 11 is 0. The molecule has 0 fully saturated rings. The van der Waals surface area contributed by atoms with Gasteiger partial charge in [0.2, 0.25) is 5.91 Å². The van der Waals surface area contributed by atoms with Gasteiger partial charge in [-0.25, -0.2) is 4.79 Å². The highest BCUT2D eigenvalue weighted by atomic mass is 19.4. The van der Waals surface area contributed by atoms with Gasteiger partial charge in [0, 0.05) is 18.2 Å². The van der Waals surface area contributed by atoms with Crippen LogP contribution in [0.15, 0.2) is 36.4 Å². The Morgan fingerprint density at radius 3 is 1.92 bits per heavy atom. The van der Waals surface area contributed by atoms with E-state index in [4.69, 9.17) is 4.74 Å². The molecule has 1 heterocycles. The van der Waals surface area contributed by atoms with E-state index in [2.05, 4.69) is 0 Å². The number of carbonyl (C=O) groups excluding carboxylic acids is 2. The Morgan fingerprint density at radius 1 is 0.872 bits per heavy atom. The van der Waals surface area contributed by atoms with Crippen LogP contribution >= 0.6 is 0 Å². The molecule has 5 nitrogen and oxygen atoms in total. The Labute approximate surface area is 216 Å². The predicted octanol–water partition coefficient (Wildman–Crippen LogP) is 8.00. The van der Waals surface area contributed by atoms with E-state index in [9.17, 15) is 49.1 Å². The van der Waals surface area contributed by atoms with Gasteiger partial charge in [-0.05, 0) is 67.6 Å². The Bertz CT molecular complexity index is 1190. The zero-order chi connectivity index (χ0) is 29.3. The minimum absolute atomic E-state index is 0.00651. The van der Waals surface area contributed by atoms with E-state index >= 15 is 0 Å². The summed E-state index contributed by atoms with van der Waals surface area (Å²) in [5, 5.41) is 2.01. The molecule has 2 aromatic rings. The molecule has 0 aliphatic carbocycles. The monoisotopic (exact) mass is 570 g/mol. The first kappa shape index (κ1) is 30.1. The third kappa shape index (κ3) is 6.95. The van der Waals surface area contributed by atoms with Gasteiger partial charge in [0.15, 0.2) is 0 Å². The maximum atomic E-state index is 13.5. The van der Waals surface area contributed by atoms with E-state index in [0.29, 0.717) is 18.6 Å². The standard InChI is InChI=1S/C25H23F9N2O3/c1-3-18-7-13(19-12-14(23(26,27)28)5-6-20(19)36(18)22(38)39-4-2)8-21(37)35-17-10-15(24(29,30)31)9-16(11-17)25(32,33)34/h5-6,9-13,18H,3-4,7-8H2,1-2H3,(H,35,37)/t13?,18-/m0/s1. The average molecular weight is 570 g/mol. The summed E-state index contributed by atoms with van der Waals surface area (Å²) in [5.74, 6) is -1.96. The second-order valence-corrected chi connectivity index (χ2v) is 8.88. The molecule has 0 saturated heterocycles. The highest BCUT2D eigenvalue weighted by Crippen LogP contribution is 2.44. The van der Waals surface area contributed by atoms with Crippen LogP contribution in [0.3, 0.4) is 0 Å². The Kier molecular flexibility index (Phi) is 8.46. The molecule has 1 unspecified atom stereocenters. The summed E-state index contributed by atoms with van der Waals surface area (Å²) in [4.78, 5) is 26.6. The van der Waals surface area contributed by atoms with Gasteiger partial charge < -0.3 is 10.1 Å². The molecular formula is C25H23F9N2O3. The summed E-state index contributed by atoms with van der Waals surface area (Å²) in [5.41, 5.74) is -5.07. The summed E-state index contributed by atoms with van der Waals surface area (Å²) in [6.45, 7) is 3.23. The number of hydrogen-bond acceptors (Lipinski definition) is 3. The zero-order valence-corrected chi connectivity index (χ0v) is 20.5. The fraction of sp³-hybridized carbons (Fsp3) is 0.440. The van der Waals surface area contributed by atoms with Crippen LogP contribution in [-0.4, -0.2) is 24.6 Å². The quantitative estimate of drug-likeness (QED) is 0.371. The lowest BCUT2D eigenvalue weighted by molar-refractivity contribution is -0.143. The maximum absolute atomic E-state index is 13.5. The smallest absolute Gasteiger partial charge is 0.416 e. The van der Waals surface area contributed by atoms with Crippen molar-refractivity contribution in [1.82, 2.24) is 0 Å². The van der Waals surface area contributed by atoms with Gasteiger partial charge in [0.05, 0.1) is 29.0 Å². The number of nitrogens with zero attached hydrogens (tertiary/aromatic N) is 1. The average Bonchev–Trinajstić information content (AvgIpc) is 2.81. The molecule has 2 amide bonds. The van der Waals surface area contributed by atoms with Crippen LogP contribution in [0.4, 0.5) is 55.7 Å². The van der Waals surface area contributed by atoms with Crippen molar-refractivity contribution in [3.63, 3.8) is 0 Å². The first-order valence-electron chi connectivity index (χ1n) is 11.7. The lowest BCUT2D eigenvalue weighted by atomic mass is 9.81. The summed E-state index contributed by atoms with van der Waals surface area (Å²) in [7, 11) is 0. The lowest BCUT2D eigenvalue weighted by Crippen LogP contribution is -2.45. The SMILES string of the molecule is CCOC(=O)N1c2ccc(C(F)(F)F)cc2C(CC(=O)Nc2cc(C(F)(F)F)cc(C(F)(F)F)c2)C[C@@H]1CC. The molecule has 3 rings (SSSR count). The van der Waals surface area contributed by atoms with Crippen molar-refractivity contribution in [3.05, 3.63) is 58.7 Å². The molecule has 2 atom stereocenters. The Balaban J connectivity index is 1.99. The molecule has 0 radical (unpaired) electrons. The van der Waals surface area contributed by atoms with Gasteiger partial charge in [-0.15, -0.1) is 0 Å². The van der Waals surface area contributed by atoms with Gasteiger partial charge in [-0.3, -0.25) is 9.69 Å². The second-order valence-electron chi connectivity index (χ2n) is 8.88. The highest BCUT2D eigenvalue weighted by Gasteiger charge is 2.40. The molecule has 0 aromatic heterocycles. The largest absolute Gasteiger partial charge is 0.449 e. The normalized spacial score (nSPS) is 18.0. The molecule has 1 N–H and O–H groups in total. The number of nitrogens with one attached hydrogen (secondary N) is 1. The molecule has 2 aromatic carbocycles. The van der Waals surface area contributed by atoms with E-state index in [1.807, 2.05) is 5.32 Å². The van der Waals surface area contributed by atoms with Crippen LogP contribution in [-0.2, 0) is 28.1 Å². The van der Waals surface area contributed by atoms with Crippen LogP contribution < -0.4 is 10.2 Å². The van der Waals surface area contributed by atoms with E-state index in [1.165, 1.54) is 4.90 Å². The van der Waals surface area contributed by atoms with Crippen LogP contribution in [0.1, 0.15) is 61.3 Å². The minimum Gasteiger partial charge on any atom is -0.449 e. The van der Waals surface area contributed by atoms with Crippen molar-refractivity contribution in [1.29, 1.82) is 0 Å². The number of rotatable bonds is 5. The van der Waals surface area contributed by atoms with Crippen molar-refractivity contribution >= 4 is 23.4 Å². The van der Waals surface area contributed by atoms with Gasteiger partial charge in [0.25, 0.3) is 0 Å². The maximum Gasteiger partial charge on any atom is 0.416 e. The Hall–Kier alpha value is -3.45. The van der Waals surface area contributed by atoms with Crippen LogP contribution in [0.2, 0.25) is 0 Å². The molecule has 1 aliphatic rings. The fourth-order valence-electron chi connectivity index (χ4n) is 4.48. The fourth-order valence-corrected chi connectivity index (χ4v) is 4.48. The number of fused-ring (bicyclic) bond motifs is 1.